The summed E-state index contributed by atoms with van der Waals surface area (Å²) in [4.78, 5) is 14.8. The van der Waals surface area contributed by atoms with E-state index in [-0.39, 0.29) is 5.91 Å². The lowest BCUT2D eigenvalue weighted by Crippen LogP contribution is -2.32. The minimum absolute atomic E-state index is 0.0350. The molecule has 1 amide bonds. The molecule has 1 N–H and O–H groups in total. The van der Waals surface area contributed by atoms with Gasteiger partial charge in [-0.1, -0.05) is 32.0 Å². The number of nitrogens with one attached hydrogen (secondary N) is 1. The molecule has 1 heterocycles. The smallest absolute Gasteiger partial charge is 0.255 e. The van der Waals surface area contributed by atoms with Gasteiger partial charge in [-0.25, -0.2) is 4.68 Å². The number of rotatable bonds is 7. The van der Waals surface area contributed by atoms with Crippen LogP contribution in [0.1, 0.15) is 35.6 Å². The normalized spacial score (nSPS) is 11.3. The first-order chi connectivity index (χ1) is 11.4. The zero-order chi connectivity index (χ0) is 17.7. The number of hydrogen-bond donors (Lipinski definition) is 1. The average molecular weight is 328 g/mol. The van der Waals surface area contributed by atoms with Gasteiger partial charge in [0.2, 0.25) is 0 Å². The molecule has 0 atom stereocenters. The Balaban J connectivity index is 2.34. The van der Waals surface area contributed by atoms with Crippen molar-refractivity contribution in [1.29, 1.82) is 0 Å². The first-order valence-corrected chi connectivity index (χ1v) is 8.47. The molecule has 24 heavy (non-hydrogen) atoms. The van der Waals surface area contributed by atoms with Crippen LogP contribution in [0.3, 0.4) is 0 Å². The molecular weight excluding hydrogens is 300 g/mol. The standard InChI is InChI=1S/C19H28N4O/c1-14(2)13-17-18(19(24)20-11-12-22(4)5)15(3)23(21-17)16-9-7-6-8-10-16/h6-10,14H,11-13H2,1-5H3,(H,20,24). The second kappa shape index (κ2) is 8.11. The predicted octanol–water partition coefficient (Wildman–Crippen LogP) is 2.67. The van der Waals surface area contributed by atoms with E-state index in [0.717, 1.165) is 30.0 Å². The lowest BCUT2D eigenvalue weighted by Gasteiger charge is -2.11. The largest absolute Gasteiger partial charge is 0.351 e. The Morgan fingerprint density at radius 3 is 2.50 bits per heavy atom. The molecule has 0 radical (unpaired) electrons. The summed E-state index contributed by atoms with van der Waals surface area (Å²) < 4.78 is 1.87. The summed E-state index contributed by atoms with van der Waals surface area (Å²) >= 11 is 0. The third-order valence-corrected chi connectivity index (χ3v) is 3.86. The van der Waals surface area contributed by atoms with E-state index in [1.807, 2.05) is 56.0 Å². The number of carbonyl (C=O) groups is 1. The van der Waals surface area contributed by atoms with Crippen molar-refractivity contribution in [3.63, 3.8) is 0 Å². The van der Waals surface area contributed by atoms with Crippen LogP contribution in [0.25, 0.3) is 5.69 Å². The molecule has 130 valence electrons. The second-order valence-electron chi connectivity index (χ2n) is 6.81. The number of aromatic nitrogens is 2. The summed E-state index contributed by atoms with van der Waals surface area (Å²) in [7, 11) is 3.99. The number of carbonyl (C=O) groups excluding carboxylic acids is 1. The number of benzene rings is 1. The molecule has 1 aromatic carbocycles. The van der Waals surface area contributed by atoms with E-state index in [9.17, 15) is 4.79 Å². The van der Waals surface area contributed by atoms with Crippen molar-refractivity contribution in [3.8, 4) is 5.69 Å². The van der Waals surface area contributed by atoms with Gasteiger partial charge < -0.3 is 10.2 Å². The third kappa shape index (κ3) is 4.45. The monoisotopic (exact) mass is 328 g/mol. The first kappa shape index (κ1) is 18.2. The highest BCUT2D eigenvalue weighted by atomic mass is 16.1. The molecule has 0 aliphatic heterocycles. The van der Waals surface area contributed by atoms with Gasteiger partial charge in [0.25, 0.3) is 5.91 Å². The van der Waals surface area contributed by atoms with Crippen LogP contribution < -0.4 is 5.32 Å². The molecule has 0 spiro atoms. The maximum absolute atomic E-state index is 12.7. The topological polar surface area (TPSA) is 50.2 Å². The third-order valence-electron chi connectivity index (χ3n) is 3.86. The van der Waals surface area contributed by atoms with Crippen LogP contribution in [0, 0.1) is 12.8 Å². The summed E-state index contributed by atoms with van der Waals surface area (Å²) in [6.07, 6.45) is 0.789. The SMILES string of the molecule is Cc1c(C(=O)NCCN(C)C)c(CC(C)C)nn1-c1ccccc1. The van der Waals surface area contributed by atoms with Crippen molar-refractivity contribution in [2.24, 2.45) is 5.92 Å². The van der Waals surface area contributed by atoms with E-state index in [0.29, 0.717) is 18.0 Å². The van der Waals surface area contributed by atoms with Gasteiger partial charge in [0, 0.05) is 13.1 Å². The Labute approximate surface area is 144 Å². The van der Waals surface area contributed by atoms with E-state index < -0.39 is 0 Å². The molecule has 0 aliphatic rings. The van der Waals surface area contributed by atoms with E-state index in [1.165, 1.54) is 0 Å². The molecule has 0 bridgehead atoms. The number of likely N-dealkylation sites (N-methyl/N-ethyl adjacent to an activating group) is 1. The number of amides is 1. The molecule has 5 nitrogen and oxygen atoms in total. The molecule has 0 saturated carbocycles. The van der Waals surface area contributed by atoms with E-state index in [1.54, 1.807) is 0 Å². The number of para-hydroxylation sites is 1. The zero-order valence-corrected chi connectivity index (χ0v) is 15.3. The van der Waals surface area contributed by atoms with Crippen LogP contribution in [0.4, 0.5) is 0 Å². The van der Waals surface area contributed by atoms with Crippen molar-refractivity contribution in [2.45, 2.75) is 27.2 Å². The first-order valence-electron chi connectivity index (χ1n) is 8.47. The second-order valence-corrected chi connectivity index (χ2v) is 6.81. The Hall–Kier alpha value is -2.14. The molecule has 0 aliphatic carbocycles. The van der Waals surface area contributed by atoms with Crippen molar-refractivity contribution in [3.05, 3.63) is 47.3 Å². The zero-order valence-electron chi connectivity index (χ0n) is 15.3. The van der Waals surface area contributed by atoms with Crippen molar-refractivity contribution in [1.82, 2.24) is 20.0 Å². The van der Waals surface area contributed by atoms with Crippen molar-refractivity contribution < 1.29 is 4.79 Å². The van der Waals surface area contributed by atoms with Gasteiger partial charge in [0.1, 0.15) is 0 Å². The summed E-state index contributed by atoms with van der Waals surface area (Å²) in [5.41, 5.74) is 3.45. The minimum atomic E-state index is -0.0350. The summed E-state index contributed by atoms with van der Waals surface area (Å²) in [5, 5.41) is 7.75. The molecular formula is C19H28N4O. The Bertz CT molecular complexity index is 674. The Morgan fingerprint density at radius 1 is 1.25 bits per heavy atom. The maximum Gasteiger partial charge on any atom is 0.255 e. The highest BCUT2D eigenvalue weighted by Crippen LogP contribution is 2.20. The molecule has 5 heteroatoms. The fourth-order valence-corrected chi connectivity index (χ4v) is 2.69. The molecule has 0 saturated heterocycles. The van der Waals surface area contributed by atoms with Gasteiger partial charge in [-0.05, 0) is 45.5 Å². The lowest BCUT2D eigenvalue weighted by molar-refractivity contribution is 0.0949. The summed E-state index contributed by atoms with van der Waals surface area (Å²) in [5.74, 6) is 0.407. The number of hydrogen-bond acceptors (Lipinski definition) is 3. The molecule has 2 rings (SSSR count). The Morgan fingerprint density at radius 2 is 1.92 bits per heavy atom. The highest BCUT2D eigenvalue weighted by Gasteiger charge is 2.22. The quantitative estimate of drug-likeness (QED) is 0.850. The number of nitrogens with zero attached hydrogens (tertiary/aromatic N) is 3. The van der Waals surface area contributed by atoms with Crippen LogP contribution in [-0.4, -0.2) is 47.8 Å². The van der Waals surface area contributed by atoms with Crippen LogP contribution in [-0.2, 0) is 6.42 Å². The Kier molecular flexibility index (Phi) is 6.15. The van der Waals surface area contributed by atoms with Crippen LogP contribution in [0.2, 0.25) is 0 Å². The van der Waals surface area contributed by atoms with E-state index in [2.05, 4.69) is 24.1 Å². The summed E-state index contributed by atoms with van der Waals surface area (Å²) in [6.45, 7) is 7.69. The van der Waals surface area contributed by atoms with Crippen LogP contribution in [0.15, 0.2) is 30.3 Å². The minimum Gasteiger partial charge on any atom is -0.351 e. The predicted molar refractivity (Wildman–Crippen MR) is 97.7 cm³/mol. The molecule has 1 aromatic heterocycles. The van der Waals surface area contributed by atoms with E-state index in [4.69, 9.17) is 5.10 Å². The van der Waals surface area contributed by atoms with Gasteiger partial charge in [0.05, 0.1) is 22.6 Å². The van der Waals surface area contributed by atoms with Crippen molar-refractivity contribution in [2.75, 3.05) is 27.2 Å². The molecule has 0 unspecified atom stereocenters. The molecule has 0 fully saturated rings. The fourth-order valence-electron chi connectivity index (χ4n) is 2.69. The van der Waals surface area contributed by atoms with Gasteiger partial charge in [0.15, 0.2) is 0 Å². The van der Waals surface area contributed by atoms with Gasteiger partial charge >= 0.3 is 0 Å². The maximum atomic E-state index is 12.7. The van der Waals surface area contributed by atoms with Gasteiger partial charge in [-0.2, -0.15) is 5.10 Å². The van der Waals surface area contributed by atoms with E-state index >= 15 is 0 Å². The summed E-state index contributed by atoms with van der Waals surface area (Å²) in [6, 6.07) is 9.96. The lowest BCUT2D eigenvalue weighted by atomic mass is 10.0. The fraction of sp³-hybridized carbons (Fsp3) is 0.474. The van der Waals surface area contributed by atoms with Crippen LogP contribution in [0.5, 0.6) is 0 Å². The van der Waals surface area contributed by atoms with Gasteiger partial charge in [-0.15, -0.1) is 0 Å². The average Bonchev–Trinajstić information content (AvgIpc) is 2.83. The van der Waals surface area contributed by atoms with Crippen LogP contribution >= 0.6 is 0 Å². The molecule has 2 aromatic rings. The van der Waals surface area contributed by atoms with Gasteiger partial charge in [-0.3, -0.25) is 4.79 Å². The highest BCUT2D eigenvalue weighted by molar-refractivity contribution is 5.96. The van der Waals surface area contributed by atoms with Crippen molar-refractivity contribution >= 4 is 5.91 Å².